The Morgan fingerprint density at radius 2 is 0.976 bits per heavy atom. The fourth-order valence-electron chi connectivity index (χ4n) is 4.94. The maximum atomic E-state index is 11.2. The number of phenolic OH excluding ortho intramolecular Hbond substituents is 2. The van der Waals surface area contributed by atoms with E-state index >= 15 is 0 Å². The predicted molar refractivity (Wildman–Crippen MR) is 181 cm³/mol. The van der Waals surface area contributed by atoms with Crippen molar-refractivity contribution in [1.29, 1.82) is 0 Å². The summed E-state index contributed by atoms with van der Waals surface area (Å²) in [6.45, 7) is 21.7. The third-order valence-corrected chi connectivity index (χ3v) is 7.60. The van der Waals surface area contributed by atoms with E-state index in [-0.39, 0.29) is 22.3 Å². The molecule has 0 atom stereocenters. The zero-order valence-electron chi connectivity index (χ0n) is 27.5. The number of hydrogen-bond donors (Lipinski definition) is 2. The summed E-state index contributed by atoms with van der Waals surface area (Å²) in [5, 5.41) is 22.4. The molecule has 0 heterocycles. The Hall–Kier alpha value is -3.40. The van der Waals surface area contributed by atoms with Gasteiger partial charge in [-0.2, -0.15) is 0 Å². The van der Waals surface area contributed by atoms with Crippen LogP contribution in [0.25, 0.3) is 0 Å². The van der Waals surface area contributed by atoms with Gasteiger partial charge in [-0.1, -0.05) is 93.5 Å². The Kier molecular flexibility index (Phi) is 10.8. The highest BCUT2D eigenvalue weighted by Gasteiger charge is 2.22. The average Bonchev–Trinajstić information content (AvgIpc) is 2.89. The van der Waals surface area contributed by atoms with Gasteiger partial charge in [0.05, 0.1) is 11.4 Å². The Morgan fingerprint density at radius 3 is 1.29 bits per heavy atom. The minimum atomic E-state index is -0.194. The minimum Gasteiger partial charge on any atom is -0.507 e. The molecule has 0 radical (unpaired) electrons. The van der Waals surface area contributed by atoms with E-state index in [9.17, 15) is 10.2 Å². The molecule has 4 nitrogen and oxygen atoms in total. The molecule has 2 N–H and O–H groups in total. The third kappa shape index (κ3) is 9.05. The predicted octanol–water partition coefficient (Wildman–Crippen LogP) is 10.4. The van der Waals surface area contributed by atoms with Gasteiger partial charge in [0.1, 0.15) is 11.5 Å². The highest BCUT2D eigenvalue weighted by atomic mass is 16.3. The summed E-state index contributed by atoms with van der Waals surface area (Å²) in [6, 6.07) is 16.1. The molecule has 0 unspecified atom stereocenters. The van der Waals surface area contributed by atoms with Crippen LogP contribution in [-0.4, -0.2) is 22.6 Å². The van der Waals surface area contributed by atoms with Crippen molar-refractivity contribution in [2.24, 2.45) is 21.8 Å². The van der Waals surface area contributed by atoms with Gasteiger partial charge in [0.2, 0.25) is 0 Å². The van der Waals surface area contributed by atoms with Crippen molar-refractivity contribution >= 4 is 23.8 Å². The maximum absolute atomic E-state index is 11.2. The van der Waals surface area contributed by atoms with Crippen LogP contribution in [0.5, 0.6) is 11.5 Å². The van der Waals surface area contributed by atoms with Gasteiger partial charge in [0, 0.05) is 34.7 Å². The first kappa shape index (κ1) is 33.1. The summed E-state index contributed by atoms with van der Waals surface area (Å²) in [5.41, 5.74) is 6.71. The van der Waals surface area contributed by atoms with Crippen molar-refractivity contribution in [2.45, 2.75) is 106 Å². The first-order valence-corrected chi connectivity index (χ1v) is 15.5. The van der Waals surface area contributed by atoms with Crippen LogP contribution < -0.4 is 0 Å². The Bertz CT molecular complexity index is 1310. The number of hydrogen-bond acceptors (Lipinski definition) is 4. The Balaban J connectivity index is 2.01. The first-order chi connectivity index (χ1) is 19.6. The van der Waals surface area contributed by atoms with E-state index in [0.29, 0.717) is 34.3 Å². The van der Waals surface area contributed by atoms with Gasteiger partial charge >= 0.3 is 0 Å². The topological polar surface area (TPSA) is 65.2 Å². The molecular formula is C38H52N2O2. The van der Waals surface area contributed by atoms with Crippen molar-refractivity contribution in [3.63, 3.8) is 0 Å². The van der Waals surface area contributed by atoms with E-state index in [1.165, 1.54) is 11.1 Å². The molecule has 0 aromatic heterocycles. The molecule has 0 bridgehead atoms. The van der Waals surface area contributed by atoms with Gasteiger partial charge in [-0.3, -0.25) is 9.98 Å². The molecule has 42 heavy (non-hydrogen) atoms. The lowest BCUT2D eigenvalue weighted by Crippen LogP contribution is -2.13. The molecule has 3 aromatic carbocycles. The molecule has 0 fully saturated rings. The molecule has 0 aliphatic heterocycles. The van der Waals surface area contributed by atoms with Gasteiger partial charge in [-0.15, -0.1) is 0 Å². The van der Waals surface area contributed by atoms with Gasteiger partial charge in [0.25, 0.3) is 0 Å². The fourth-order valence-corrected chi connectivity index (χ4v) is 4.94. The number of phenols is 2. The Labute approximate surface area is 254 Å². The van der Waals surface area contributed by atoms with Crippen molar-refractivity contribution in [2.75, 3.05) is 0 Å². The van der Waals surface area contributed by atoms with Crippen molar-refractivity contribution < 1.29 is 10.2 Å². The first-order valence-electron chi connectivity index (χ1n) is 15.5. The highest BCUT2D eigenvalue weighted by molar-refractivity contribution is 5.90. The van der Waals surface area contributed by atoms with E-state index in [0.717, 1.165) is 36.8 Å². The molecule has 0 saturated carbocycles. The molecule has 3 aromatic rings. The zero-order chi connectivity index (χ0) is 31.2. The smallest absolute Gasteiger partial charge is 0.128 e. The van der Waals surface area contributed by atoms with Gasteiger partial charge < -0.3 is 10.2 Å². The number of nitrogens with zero attached hydrogens (tertiary/aromatic N) is 2. The normalized spacial score (nSPS) is 12.9. The SMILES string of the molecule is CC(C)CCc1cc(C=Nc2ccccc2N=Cc2cc(CCC(C)C)cc(C(C)(C)C)c2O)c(O)c(C(C)(C)C)c1. The molecule has 4 heteroatoms. The van der Waals surface area contributed by atoms with Gasteiger partial charge in [-0.05, 0) is 83.7 Å². The lowest BCUT2D eigenvalue weighted by atomic mass is 9.83. The molecule has 3 rings (SSSR count). The third-order valence-electron chi connectivity index (χ3n) is 7.60. The molecule has 0 aliphatic rings. The summed E-state index contributed by atoms with van der Waals surface area (Å²) < 4.78 is 0. The fraction of sp³-hybridized carbons (Fsp3) is 0.474. The van der Waals surface area contributed by atoms with Crippen LogP contribution in [0.4, 0.5) is 11.4 Å². The largest absolute Gasteiger partial charge is 0.507 e. The van der Waals surface area contributed by atoms with Crippen LogP contribution in [0.1, 0.15) is 115 Å². The van der Waals surface area contributed by atoms with Crippen molar-refractivity contribution in [3.05, 3.63) is 81.9 Å². The number of aliphatic imine (C=N–C) groups is 2. The monoisotopic (exact) mass is 568 g/mol. The average molecular weight is 569 g/mol. The molecular weight excluding hydrogens is 516 g/mol. The number of para-hydroxylation sites is 2. The maximum Gasteiger partial charge on any atom is 0.128 e. The van der Waals surface area contributed by atoms with Crippen LogP contribution >= 0.6 is 0 Å². The summed E-state index contributed by atoms with van der Waals surface area (Å²) >= 11 is 0. The minimum absolute atomic E-state index is 0.194. The summed E-state index contributed by atoms with van der Waals surface area (Å²) in [7, 11) is 0. The number of aromatic hydroxyl groups is 2. The molecule has 0 spiro atoms. The van der Waals surface area contributed by atoms with Crippen molar-refractivity contribution in [1.82, 2.24) is 0 Å². The highest BCUT2D eigenvalue weighted by Crippen LogP contribution is 2.37. The van der Waals surface area contributed by atoms with Gasteiger partial charge in [0.15, 0.2) is 0 Å². The van der Waals surface area contributed by atoms with Crippen LogP contribution in [0.2, 0.25) is 0 Å². The molecule has 0 aliphatic carbocycles. The second-order valence-corrected chi connectivity index (χ2v) is 14.5. The van der Waals surface area contributed by atoms with Crippen LogP contribution in [0.15, 0.2) is 58.5 Å². The second-order valence-electron chi connectivity index (χ2n) is 14.5. The van der Waals surface area contributed by atoms with Crippen LogP contribution in [-0.2, 0) is 23.7 Å². The Morgan fingerprint density at radius 1 is 0.619 bits per heavy atom. The van der Waals surface area contributed by atoms with Crippen LogP contribution in [0, 0.1) is 11.8 Å². The van der Waals surface area contributed by atoms with Gasteiger partial charge in [-0.25, -0.2) is 0 Å². The summed E-state index contributed by atoms with van der Waals surface area (Å²) in [6.07, 6.45) is 7.59. The molecule has 226 valence electrons. The van der Waals surface area contributed by atoms with Crippen molar-refractivity contribution in [3.8, 4) is 11.5 Å². The summed E-state index contributed by atoms with van der Waals surface area (Å²) in [4.78, 5) is 9.59. The van der Waals surface area contributed by atoms with E-state index in [2.05, 4.69) is 93.5 Å². The number of aryl methyl sites for hydroxylation is 2. The standard InChI is InChI=1S/C38H52N2O2/c1-25(2)15-17-27-19-29(35(41)31(21-27)37(5,6)7)23-39-33-13-11-12-14-34(33)40-24-30-20-28(18-16-26(3)4)22-32(36(30)42)38(8,9)10/h11-14,19-26,41-42H,15-18H2,1-10H3. The lowest BCUT2D eigenvalue weighted by Gasteiger charge is -2.23. The quantitative estimate of drug-likeness (QED) is 0.239. The number of benzene rings is 3. The second kappa shape index (κ2) is 13.7. The van der Waals surface area contributed by atoms with E-state index in [1.54, 1.807) is 12.4 Å². The van der Waals surface area contributed by atoms with E-state index in [4.69, 9.17) is 9.98 Å². The lowest BCUT2D eigenvalue weighted by molar-refractivity contribution is 0.444. The summed E-state index contributed by atoms with van der Waals surface area (Å²) in [5.74, 6) is 1.76. The number of rotatable bonds is 10. The zero-order valence-corrected chi connectivity index (χ0v) is 27.5. The molecule has 0 saturated heterocycles. The van der Waals surface area contributed by atoms with E-state index < -0.39 is 0 Å². The molecule has 0 amide bonds. The van der Waals surface area contributed by atoms with Crippen LogP contribution in [0.3, 0.4) is 0 Å². The van der Waals surface area contributed by atoms with E-state index in [1.807, 2.05) is 24.3 Å².